The number of nitrogens with one attached hydrogen (secondary N) is 1. The number of nitrogens with zero attached hydrogens (tertiary/aromatic N) is 3. The molecule has 4 unspecified atom stereocenters. The van der Waals surface area contributed by atoms with Crippen molar-refractivity contribution in [1.82, 2.24) is 20.0 Å². The molecule has 0 saturated carbocycles. The molecule has 2 fully saturated rings. The van der Waals surface area contributed by atoms with Crippen LogP contribution in [-0.4, -0.2) is 78.8 Å². The van der Waals surface area contributed by atoms with Crippen LogP contribution >= 0.6 is 0 Å². The molecule has 18 heavy (non-hydrogen) atoms. The molecule has 4 heteroatoms. The highest BCUT2D eigenvalue weighted by atomic mass is 15.4. The maximum absolute atomic E-state index is 3.61. The molecule has 2 heterocycles. The second kappa shape index (κ2) is 5.87. The predicted octanol–water partition coefficient (Wildman–Crippen LogP) is 0.651. The van der Waals surface area contributed by atoms with E-state index < -0.39 is 0 Å². The summed E-state index contributed by atoms with van der Waals surface area (Å²) in [4.78, 5) is 7.74. The Bertz CT molecular complexity index is 249. The van der Waals surface area contributed by atoms with Gasteiger partial charge in [0.05, 0.1) is 6.67 Å². The fraction of sp³-hybridized carbons (Fsp3) is 1.00. The van der Waals surface area contributed by atoms with Gasteiger partial charge in [-0.05, 0) is 34.7 Å². The fourth-order valence-corrected chi connectivity index (χ4v) is 3.69. The van der Waals surface area contributed by atoms with E-state index in [9.17, 15) is 0 Å². The lowest BCUT2D eigenvalue weighted by Gasteiger charge is -2.47. The largest absolute Gasteiger partial charge is 0.309 e. The number of piperazine rings is 2. The first kappa shape index (κ1) is 14.3. The van der Waals surface area contributed by atoms with Crippen LogP contribution in [0, 0.1) is 0 Å². The van der Waals surface area contributed by atoms with E-state index in [1.165, 1.54) is 26.2 Å². The third-order valence-electron chi connectivity index (χ3n) is 4.28. The van der Waals surface area contributed by atoms with Crippen molar-refractivity contribution in [3.05, 3.63) is 0 Å². The molecule has 0 bridgehead atoms. The average molecular weight is 254 g/mol. The summed E-state index contributed by atoms with van der Waals surface area (Å²) in [6.45, 7) is 15.2. The van der Waals surface area contributed by atoms with Gasteiger partial charge >= 0.3 is 0 Å². The average Bonchev–Trinajstić information content (AvgIpc) is 2.22. The van der Waals surface area contributed by atoms with Crippen LogP contribution in [0.2, 0.25) is 0 Å². The van der Waals surface area contributed by atoms with E-state index in [-0.39, 0.29) is 0 Å². The standard InChI is InChI=1S/C14H30N4/c1-11-6-17(7-12(2)15-11)10-18-13(3)8-16(5)9-14(18)4/h11-15H,6-10H2,1-5H3. The van der Waals surface area contributed by atoms with Crippen molar-refractivity contribution in [3.8, 4) is 0 Å². The van der Waals surface area contributed by atoms with Gasteiger partial charge in [0.1, 0.15) is 0 Å². The summed E-state index contributed by atoms with van der Waals surface area (Å²) in [5, 5.41) is 3.61. The van der Waals surface area contributed by atoms with Crippen LogP contribution < -0.4 is 5.32 Å². The van der Waals surface area contributed by atoms with Crippen LogP contribution in [0.1, 0.15) is 27.7 Å². The molecule has 0 radical (unpaired) electrons. The van der Waals surface area contributed by atoms with Gasteiger partial charge in [-0.3, -0.25) is 9.80 Å². The Kier molecular flexibility index (Phi) is 4.64. The van der Waals surface area contributed by atoms with Gasteiger partial charge in [-0.25, -0.2) is 0 Å². The van der Waals surface area contributed by atoms with Crippen molar-refractivity contribution >= 4 is 0 Å². The summed E-state index contributed by atoms with van der Waals surface area (Å²) >= 11 is 0. The Morgan fingerprint density at radius 1 is 0.889 bits per heavy atom. The highest BCUT2D eigenvalue weighted by Crippen LogP contribution is 2.16. The molecule has 0 aromatic rings. The smallest absolute Gasteiger partial charge is 0.0513 e. The zero-order valence-corrected chi connectivity index (χ0v) is 12.7. The molecule has 2 rings (SSSR count). The van der Waals surface area contributed by atoms with E-state index >= 15 is 0 Å². The summed E-state index contributed by atoms with van der Waals surface area (Å²) in [7, 11) is 2.24. The molecule has 0 aromatic carbocycles. The molecule has 0 amide bonds. The Labute approximate surface area is 112 Å². The van der Waals surface area contributed by atoms with Gasteiger partial charge in [-0.15, -0.1) is 0 Å². The molecule has 2 aliphatic heterocycles. The van der Waals surface area contributed by atoms with Crippen molar-refractivity contribution in [3.63, 3.8) is 0 Å². The Balaban J connectivity index is 1.91. The molecule has 0 aliphatic carbocycles. The molecule has 1 N–H and O–H groups in total. The molecular formula is C14H30N4. The lowest BCUT2D eigenvalue weighted by atomic mass is 10.1. The van der Waals surface area contributed by atoms with Crippen LogP contribution in [0.3, 0.4) is 0 Å². The Morgan fingerprint density at radius 2 is 1.39 bits per heavy atom. The van der Waals surface area contributed by atoms with E-state index in [1.54, 1.807) is 0 Å². The van der Waals surface area contributed by atoms with Crippen LogP contribution in [0.4, 0.5) is 0 Å². The molecule has 2 saturated heterocycles. The van der Waals surface area contributed by atoms with E-state index in [0.717, 1.165) is 6.67 Å². The van der Waals surface area contributed by atoms with Crippen molar-refractivity contribution in [2.75, 3.05) is 39.9 Å². The van der Waals surface area contributed by atoms with Gasteiger partial charge in [0.15, 0.2) is 0 Å². The third kappa shape index (κ3) is 3.44. The summed E-state index contributed by atoms with van der Waals surface area (Å²) < 4.78 is 0. The first-order valence-electron chi connectivity index (χ1n) is 7.38. The van der Waals surface area contributed by atoms with Crippen molar-refractivity contribution in [1.29, 1.82) is 0 Å². The number of rotatable bonds is 2. The molecule has 106 valence electrons. The normalized spacial score (nSPS) is 41.2. The molecule has 2 aliphatic rings. The second-order valence-corrected chi connectivity index (χ2v) is 6.58. The maximum Gasteiger partial charge on any atom is 0.0513 e. The van der Waals surface area contributed by atoms with E-state index in [1.807, 2.05) is 0 Å². The molecule has 4 atom stereocenters. The van der Waals surface area contributed by atoms with Gasteiger partial charge in [-0.1, -0.05) is 0 Å². The molecule has 0 aromatic heterocycles. The zero-order valence-electron chi connectivity index (χ0n) is 12.7. The van der Waals surface area contributed by atoms with Crippen LogP contribution in [0.5, 0.6) is 0 Å². The molecular weight excluding hydrogens is 224 g/mol. The van der Waals surface area contributed by atoms with Crippen LogP contribution in [0.25, 0.3) is 0 Å². The first-order chi connectivity index (χ1) is 8.45. The number of hydrogen-bond acceptors (Lipinski definition) is 4. The van der Waals surface area contributed by atoms with Crippen molar-refractivity contribution in [2.45, 2.75) is 51.9 Å². The van der Waals surface area contributed by atoms with E-state index in [4.69, 9.17) is 0 Å². The highest BCUT2D eigenvalue weighted by Gasteiger charge is 2.30. The fourth-order valence-electron chi connectivity index (χ4n) is 3.69. The summed E-state index contributed by atoms with van der Waals surface area (Å²) in [6, 6.07) is 2.57. The Hall–Kier alpha value is -0.160. The summed E-state index contributed by atoms with van der Waals surface area (Å²) in [6.07, 6.45) is 0. The SMILES string of the molecule is CC1CN(CN2C(C)CN(C)CC2C)CC(C)N1. The van der Waals surface area contributed by atoms with E-state index in [0.29, 0.717) is 24.2 Å². The quantitative estimate of drug-likeness (QED) is 0.781. The van der Waals surface area contributed by atoms with Gasteiger partial charge in [0.2, 0.25) is 0 Å². The minimum atomic E-state index is 0.617. The van der Waals surface area contributed by atoms with Crippen LogP contribution in [0.15, 0.2) is 0 Å². The van der Waals surface area contributed by atoms with Gasteiger partial charge < -0.3 is 10.2 Å². The van der Waals surface area contributed by atoms with E-state index in [2.05, 4.69) is 54.8 Å². The summed E-state index contributed by atoms with van der Waals surface area (Å²) in [5.41, 5.74) is 0. The topological polar surface area (TPSA) is 21.8 Å². The summed E-state index contributed by atoms with van der Waals surface area (Å²) in [5.74, 6) is 0. The van der Waals surface area contributed by atoms with Gasteiger partial charge in [0, 0.05) is 50.3 Å². The third-order valence-corrected chi connectivity index (χ3v) is 4.28. The lowest BCUT2D eigenvalue weighted by Crippen LogP contribution is -2.62. The van der Waals surface area contributed by atoms with Crippen molar-refractivity contribution < 1.29 is 0 Å². The number of likely N-dealkylation sites (N-methyl/N-ethyl adjacent to an activating group) is 1. The van der Waals surface area contributed by atoms with Crippen molar-refractivity contribution in [2.24, 2.45) is 0 Å². The predicted molar refractivity (Wildman–Crippen MR) is 76.8 cm³/mol. The van der Waals surface area contributed by atoms with Gasteiger partial charge in [0.25, 0.3) is 0 Å². The second-order valence-electron chi connectivity index (χ2n) is 6.58. The highest BCUT2D eigenvalue weighted by molar-refractivity contribution is 4.86. The minimum absolute atomic E-state index is 0.617. The Morgan fingerprint density at radius 3 is 1.89 bits per heavy atom. The molecule has 0 spiro atoms. The first-order valence-corrected chi connectivity index (χ1v) is 7.38. The van der Waals surface area contributed by atoms with Gasteiger partial charge in [-0.2, -0.15) is 0 Å². The number of hydrogen-bond donors (Lipinski definition) is 1. The van der Waals surface area contributed by atoms with Crippen LogP contribution in [-0.2, 0) is 0 Å². The minimum Gasteiger partial charge on any atom is -0.309 e. The molecule has 4 nitrogen and oxygen atoms in total. The monoisotopic (exact) mass is 254 g/mol. The lowest BCUT2D eigenvalue weighted by molar-refractivity contribution is -0.00543. The zero-order chi connectivity index (χ0) is 13.3. The maximum atomic E-state index is 3.61.